The van der Waals surface area contributed by atoms with Crippen molar-refractivity contribution in [1.82, 2.24) is 0 Å². The standard InChI is InChI=1S/C29H36F6O2/c1-2-3-19-4-6-20(7-5-19)21-8-10-22(11-9-21)23-12-14-24(15-13-23)29(34,35)36-25-16-17-28(33,26(30)18-25)37-27(31)32/h12-22,26-27H,2-11H2,1H3. The molecule has 1 aromatic carbocycles. The minimum absolute atomic E-state index is 0.311. The van der Waals surface area contributed by atoms with Crippen LogP contribution in [0.4, 0.5) is 26.3 Å². The molecule has 0 bridgehead atoms. The maximum Gasteiger partial charge on any atom is 0.426 e. The smallest absolute Gasteiger partial charge is 0.426 e. The van der Waals surface area contributed by atoms with E-state index in [0.717, 1.165) is 36.2 Å². The van der Waals surface area contributed by atoms with E-state index in [2.05, 4.69) is 16.4 Å². The molecule has 2 nitrogen and oxygen atoms in total. The Morgan fingerprint density at radius 2 is 1.54 bits per heavy atom. The number of alkyl halides is 6. The summed E-state index contributed by atoms with van der Waals surface area (Å²) in [7, 11) is 0. The van der Waals surface area contributed by atoms with Gasteiger partial charge in [0.25, 0.3) is 5.85 Å². The zero-order chi connectivity index (χ0) is 26.6. The van der Waals surface area contributed by atoms with Gasteiger partial charge in [-0.2, -0.15) is 17.6 Å². The second kappa shape index (κ2) is 11.8. The van der Waals surface area contributed by atoms with Gasteiger partial charge in [0.2, 0.25) is 0 Å². The molecule has 3 aliphatic rings. The Kier molecular flexibility index (Phi) is 8.97. The Morgan fingerprint density at radius 3 is 2.08 bits per heavy atom. The summed E-state index contributed by atoms with van der Waals surface area (Å²) in [6, 6.07) is 5.94. The van der Waals surface area contributed by atoms with Gasteiger partial charge in [0.15, 0.2) is 6.17 Å². The molecule has 0 spiro atoms. The number of hydrogen-bond donors (Lipinski definition) is 0. The third-order valence-electron chi connectivity index (χ3n) is 8.42. The van der Waals surface area contributed by atoms with Gasteiger partial charge in [-0.1, -0.05) is 44.7 Å². The quantitative estimate of drug-likeness (QED) is 0.296. The third kappa shape index (κ3) is 6.92. The van der Waals surface area contributed by atoms with Gasteiger partial charge in [0.05, 0.1) is 5.56 Å². The predicted molar refractivity (Wildman–Crippen MR) is 130 cm³/mol. The first-order valence-corrected chi connectivity index (χ1v) is 13.5. The zero-order valence-corrected chi connectivity index (χ0v) is 21.2. The van der Waals surface area contributed by atoms with Gasteiger partial charge in [-0.15, -0.1) is 0 Å². The fraction of sp³-hybridized carbons (Fsp3) is 0.655. The van der Waals surface area contributed by atoms with Gasteiger partial charge >= 0.3 is 12.7 Å². The molecule has 4 rings (SSSR count). The normalized spacial score (nSPS) is 32.9. The van der Waals surface area contributed by atoms with Crippen molar-refractivity contribution in [2.75, 3.05) is 0 Å². The zero-order valence-electron chi connectivity index (χ0n) is 21.2. The minimum atomic E-state index is -3.82. The highest BCUT2D eigenvalue weighted by atomic mass is 19.3. The molecule has 0 N–H and O–H groups in total. The third-order valence-corrected chi connectivity index (χ3v) is 8.42. The molecule has 0 aromatic heterocycles. The van der Waals surface area contributed by atoms with Gasteiger partial charge in [-0.3, -0.25) is 4.74 Å². The molecule has 0 amide bonds. The maximum absolute atomic E-state index is 14.7. The van der Waals surface area contributed by atoms with Crippen LogP contribution >= 0.6 is 0 Å². The van der Waals surface area contributed by atoms with Crippen LogP contribution in [0.2, 0.25) is 0 Å². The molecule has 2 saturated carbocycles. The molecular weight excluding hydrogens is 494 g/mol. The molecule has 0 saturated heterocycles. The van der Waals surface area contributed by atoms with Crippen molar-refractivity contribution in [3.8, 4) is 0 Å². The van der Waals surface area contributed by atoms with Crippen LogP contribution in [0.3, 0.4) is 0 Å². The SMILES string of the molecule is CCCC1CCC(C2CCC(c3ccc(C(F)(F)OC4=CC(F)C(F)(OC(F)F)C=C4)cc3)CC2)CC1. The van der Waals surface area contributed by atoms with Crippen LogP contribution in [0, 0.1) is 17.8 Å². The van der Waals surface area contributed by atoms with Crippen molar-refractivity contribution >= 4 is 0 Å². The van der Waals surface area contributed by atoms with E-state index in [4.69, 9.17) is 0 Å². The summed E-state index contributed by atoms with van der Waals surface area (Å²) in [5.41, 5.74) is 0.580. The Balaban J connectivity index is 1.30. The van der Waals surface area contributed by atoms with E-state index in [1.807, 2.05) is 0 Å². The number of allylic oxidation sites excluding steroid dienone is 1. The summed E-state index contributed by atoms with van der Waals surface area (Å²) in [6.07, 6.45) is 7.23. The number of benzene rings is 1. The molecule has 37 heavy (non-hydrogen) atoms. The van der Waals surface area contributed by atoms with Crippen molar-refractivity contribution in [1.29, 1.82) is 0 Å². The van der Waals surface area contributed by atoms with Crippen molar-refractivity contribution in [3.05, 3.63) is 59.4 Å². The summed E-state index contributed by atoms with van der Waals surface area (Å²) in [5.74, 6) is -1.29. The summed E-state index contributed by atoms with van der Waals surface area (Å²) in [6.45, 7) is -1.31. The van der Waals surface area contributed by atoms with Crippen molar-refractivity contribution in [2.24, 2.45) is 17.8 Å². The monoisotopic (exact) mass is 530 g/mol. The highest BCUT2D eigenvalue weighted by Gasteiger charge is 2.44. The lowest BCUT2D eigenvalue weighted by Gasteiger charge is -2.38. The number of rotatable bonds is 9. The highest BCUT2D eigenvalue weighted by molar-refractivity contribution is 5.30. The lowest BCUT2D eigenvalue weighted by Crippen LogP contribution is -2.38. The van der Waals surface area contributed by atoms with E-state index in [1.54, 1.807) is 12.1 Å². The average molecular weight is 531 g/mol. The second-order valence-electron chi connectivity index (χ2n) is 10.8. The molecule has 3 aliphatic carbocycles. The molecule has 0 heterocycles. The maximum atomic E-state index is 14.7. The van der Waals surface area contributed by atoms with E-state index in [0.29, 0.717) is 24.1 Å². The van der Waals surface area contributed by atoms with Crippen LogP contribution in [-0.2, 0) is 15.6 Å². The van der Waals surface area contributed by atoms with Crippen molar-refractivity contribution in [3.63, 3.8) is 0 Å². The number of hydrogen-bond acceptors (Lipinski definition) is 2. The lowest BCUT2D eigenvalue weighted by atomic mass is 9.68. The topological polar surface area (TPSA) is 18.5 Å². The summed E-state index contributed by atoms with van der Waals surface area (Å²) in [5, 5.41) is 0. The van der Waals surface area contributed by atoms with Crippen molar-refractivity contribution in [2.45, 2.75) is 102 Å². The fourth-order valence-corrected chi connectivity index (χ4v) is 6.35. The van der Waals surface area contributed by atoms with Gasteiger partial charge in [0, 0.05) is 0 Å². The Morgan fingerprint density at radius 1 is 0.946 bits per heavy atom. The van der Waals surface area contributed by atoms with E-state index in [-0.39, 0.29) is 0 Å². The van der Waals surface area contributed by atoms with Crippen LogP contribution in [0.5, 0.6) is 0 Å². The molecule has 0 radical (unpaired) electrons. The average Bonchev–Trinajstić information content (AvgIpc) is 2.87. The number of ether oxygens (including phenoxy) is 2. The van der Waals surface area contributed by atoms with E-state index >= 15 is 0 Å². The molecular formula is C29H36F6O2. The first-order valence-electron chi connectivity index (χ1n) is 13.5. The molecule has 2 atom stereocenters. The Hall–Kier alpha value is -1.96. The molecule has 206 valence electrons. The van der Waals surface area contributed by atoms with Gasteiger partial charge in [-0.25, -0.2) is 8.78 Å². The van der Waals surface area contributed by atoms with Crippen LogP contribution in [0.15, 0.2) is 48.3 Å². The first-order chi connectivity index (χ1) is 17.6. The van der Waals surface area contributed by atoms with Gasteiger partial charge in [-0.05, 0) is 98.1 Å². The summed E-state index contributed by atoms with van der Waals surface area (Å²) in [4.78, 5) is 0. The summed E-state index contributed by atoms with van der Waals surface area (Å²) < 4.78 is 90.3. The second-order valence-corrected chi connectivity index (χ2v) is 10.8. The van der Waals surface area contributed by atoms with Gasteiger partial charge in [0.1, 0.15) is 5.76 Å². The van der Waals surface area contributed by atoms with Gasteiger partial charge < -0.3 is 4.74 Å². The van der Waals surface area contributed by atoms with Crippen LogP contribution in [0.25, 0.3) is 0 Å². The highest BCUT2D eigenvalue weighted by Crippen LogP contribution is 2.45. The molecule has 8 heteroatoms. The van der Waals surface area contributed by atoms with Crippen LogP contribution in [0.1, 0.15) is 88.2 Å². The van der Waals surface area contributed by atoms with E-state index in [9.17, 15) is 26.3 Å². The largest absolute Gasteiger partial charge is 0.429 e. The van der Waals surface area contributed by atoms with Crippen LogP contribution < -0.4 is 0 Å². The minimum Gasteiger partial charge on any atom is -0.429 e. The molecule has 2 unspecified atom stereocenters. The fourth-order valence-electron chi connectivity index (χ4n) is 6.35. The number of halogens is 6. The van der Waals surface area contributed by atoms with Crippen molar-refractivity contribution < 1.29 is 35.8 Å². The lowest BCUT2D eigenvalue weighted by molar-refractivity contribution is -0.256. The molecule has 2 fully saturated rings. The summed E-state index contributed by atoms with van der Waals surface area (Å²) >= 11 is 0. The molecule has 0 aliphatic heterocycles. The Bertz CT molecular complexity index is 930. The van der Waals surface area contributed by atoms with E-state index in [1.165, 1.54) is 63.5 Å². The van der Waals surface area contributed by atoms with E-state index < -0.39 is 36.1 Å². The Labute approximate surface area is 215 Å². The first kappa shape index (κ1) is 28.1. The molecule has 1 aromatic rings. The predicted octanol–water partition coefficient (Wildman–Crippen LogP) is 9.33. The van der Waals surface area contributed by atoms with Crippen LogP contribution in [-0.4, -0.2) is 18.6 Å².